The monoisotopic (exact) mass is 223 g/mol. The molecule has 0 unspecified atom stereocenters. The van der Waals surface area contributed by atoms with Gasteiger partial charge >= 0.3 is 5.97 Å². The Bertz CT molecular complexity index is 367. The molecule has 0 fully saturated rings. The Morgan fingerprint density at radius 2 is 2.33 bits per heavy atom. The minimum absolute atomic E-state index is 0.0490. The van der Waals surface area contributed by atoms with Gasteiger partial charge in [0, 0.05) is 16.7 Å². The largest absolute Gasteiger partial charge is 0.480 e. The highest BCUT2D eigenvalue weighted by Crippen LogP contribution is 2.29. The molecule has 0 amide bonds. The number of benzene rings is 1. The molecule has 2 rings (SSSR count). The van der Waals surface area contributed by atoms with Crippen LogP contribution < -0.4 is 5.32 Å². The van der Waals surface area contributed by atoms with E-state index in [4.69, 9.17) is 5.11 Å². The van der Waals surface area contributed by atoms with Crippen molar-refractivity contribution in [1.29, 1.82) is 0 Å². The van der Waals surface area contributed by atoms with Crippen LogP contribution >= 0.6 is 11.8 Å². The number of nitrogens with one attached hydrogen (secondary N) is 1. The van der Waals surface area contributed by atoms with Gasteiger partial charge in [0.15, 0.2) is 0 Å². The number of rotatable bonds is 3. The quantitative estimate of drug-likeness (QED) is 0.812. The number of hydrogen-bond donors (Lipinski definition) is 2. The smallest absolute Gasteiger partial charge is 0.317 e. The van der Waals surface area contributed by atoms with Gasteiger partial charge in [-0.2, -0.15) is 0 Å². The Labute approximate surface area is 92.9 Å². The van der Waals surface area contributed by atoms with E-state index in [0.29, 0.717) is 0 Å². The second-order valence-electron chi connectivity index (χ2n) is 3.59. The van der Waals surface area contributed by atoms with Crippen molar-refractivity contribution >= 4 is 17.7 Å². The number of aliphatic carboxylic acids is 1. The van der Waals surface area contributed by atoms with Gasteiger partial charge in [0.05, 0.1) is 6.54 Å². The van der Waals surface area contributed by atoms with Gasteiger partial charge < -0.3 is 10.4 Å². The van der Waals surface area contributed by atoms with Crippen molar-refractivity contribution in [2.75, 3.05) is 12.3 Å². The third-order valence-electron chi connectivity index (χ3n) is 2.42. The van der Waals surface area contributed by atoms with Crippen LogP contribution in [0.15, 0.2) is 29.2 Å². The summed E-state index contributed by atoms with van der Waals surface area (Å²) < 4.78 is 0. The van der Waals surface area contributed by atoms with Gasteiger partial charge in [-0.1, -0.05) is 18.2 Å². The van der Waals surface area contributed by atoms with Gasteiger partial charge in [-0.05, 0) is 18.1 Å². The lowest BCUT2D eigenvalue weighted by molar-refractivity contribution is -0.136. The Kier molecular flexibility index (Phi) is 3.28. The zero-order valence-electron chi connectivity index (χ0n) is 8.27. The lowest BCUT2D eigenvalue weighted by Gasteiger charge is -2.24. The first-order chi connectivity index (χ1) is 7.25. The van der Waals surface area contributed by atoms with Crippen LogP contribution in [0, 0.1) is 0 Å². The highest BCUT2D eigenvalue weighted by Gasteiger charge is 2.18. The van der Waals surface area contributed by atoms with Crippen LogP contribution in [0.4, 0.5) is 0 Å². The summed E-state index contributed by atoms with van der Waals surface area (Å²) in [4.78, 5) is 11.7. The molecule has 80 valence electrons. The number of thioether (sulfide) groups is 1. The lowest BCUT2D eigenvalue weighted by Crippen LogP contribution is -2.38. The summed E-state index contributed by atoms with van der Waals surface area (Å²) >= 11 is 1.79. The fraction of sp³-hybridized carbons (Fsp3) is 0.364. The summed E-state index contributed by atoms with van der Waals surface area (Å²) in [7, 11) is 0. The van der Waals surface area contributed by atoms with Gasteiger partial charge in [0.2, 0.25) is 0 Å². The molecule has 3 nitrogen and oxygen atoms in total. The molecule has 0 radical (unpaired) electrons. The van der Waals surface area contributed by atoms with Crippen molar-refractivity contribution in [3.05, 3.63) is 29.8 Å². The SMILES string of the molecule is O=C(O)CN[C@@H]1CSc2ccccc2C1. The van der Waals surface area contributed by atoms with Gasteiger partial charge in [-0.3, -0.25) is 4.79 Å². The average molecular weight is 223 g/mol. The van der Waals surface area contributed by atoms with Crippen LogP contribution in [0.3, 0.4) is 0 Å². The molecule has 1 atom stereocenters. The van der Waals surface area contributed by atoms with Crippen molar-refractivity contribution in [2.24, 2.45) is 0 Å². The first kappa shape index (κ1) is 10.5. The van der Waals surface area contributed by atoms with Gasteiger partial charge in [0.1, 0.15) is 0 Å². The fourth-order valence-corrected chi connectivity index (χ4v) is 2.82. The molecular weight excluding hydrogens is 210 g/mol. The zero-order chi connectivity index (χ0) is 10.7. The first-order valence-electron chi connectivity index (χ1n) is 4.91. The zero-order valence-corrected chi connectivity index (χ0v) is 9.09. The van der Waals surface area contributed by atoms with Crippen molar-refractivity contribution in [1.82, 2.24) is 5.32 Å². The number of carbonyl (C=O) groups is 1. The highest BCUT2D eigenvalue weighted by molar-refractivity contribution is 7.99. The molecule has 0 bridgehead atoms. The summed E-state index contributed by atoms with van der Waals surface area (Å²) in [6.45, 7) is 0.0490. The molecule has 1 aliphatic rings. The van der Waals surface area contributed by atoms with E-state index in [1.807, 2.05) is 12.1 Å². The molecule has 4 heteroatoms. The lowest BCUT2D eigenvalue weighted by atomic mass is 10.1. The van der Waals surface area contributed by atoms with Crippen LogP contribution in [0.2, 0.25) is 0 Å². The van der Waals surface area contributed by atoms with Gasteiger partial charge in [-0.25, -0.2) is 0 Å². The molecule has 1 aromatic carbocycles. The summed E-state index contributed by atoms with van der Waals surface area (Å²) in [5.74, 6) is 0.156. The number of hydrogen-bond acceptors (Lipinski definition) is 3. The molecule has 0 aromatic heterocycles. The van der Waals surface area contributed by atoms with Crippen LogP contribution in [0.1, 0.15) is 5.56 Å². The van der Waals surface area contributed by atoms with Crippen molar-refractivity contribution in [3.63, 3.8) is 0 Å². The Hall–Kier alpha value is -1.00. The van der Waals surface area contributed by atoms with Crippen LogP contribution in [-0.2, 0) is 11.2 Å². The second kappa shape index (κ2) is 4.68. The van der Waals surface area contributed by atoms with E-state index in [0.717, 1.165) is 12.2 Å². The summed E-state index contributed by atoms with van der Waals surface area (Å²) in [5.41, 5.74) is 1.32. The summed E-state index contributed by atoms with van der Waals surface area (Å²) in [6.07, 6.45) is 0.927. The second-order valence-corrected chi connectivity index (χ2v) is 4.66. The van der Waals surface area contributed by atoms with E-state index in [1.54, 1.807) is 11.8 Å². The fourth-order valence-electron chi connectivity index (χ4n) is 1.69. The average Bonchev–Trinajstić information content (AvgIpc) is 2.26. The highest BCUT2D eigenvalue weighted by atomic mass is 32.2. The predicted molar refractivity (Wildman–Crippen MR) is 60.3 cm³/mol. The minimum atomic E-state index is -0.793. The molecule has 0 aliphatic carbocycles. The summed E-state index contributed by atoms with van der Waals surface area (Å²) in [6, 6.07) is 8.57. The Balaban J connectivity index is 1.96. The summed E-state index contributed by atoms with van der Waals surface area (Å²) in [5, 5.41) is 11.6. The Morgan fingerprint density at radius 1 is 1.53 bits per heavy atom. The van der Waals surface area contributed by atoms with E-state index in [1.165, 1.54) is 10.5 Å². The van der Waals surface area contributed by atoms with Gasteiger partial charge in [-0.15, -0.1) is 11.8 Å². The third kappa shape index (κ3) is 2.73. The maximum atomic E-state index is 10.4. The number of fused-ring (bicyclic) bond motifs is 1. The standard InChI is InChI=1S/C11H13NO2S/c13-11(14)6-12-9-5-8-3-1-2-4-10(8)15-7-9/h1-4,9,12H,5-7H2,(H,13,14)/t9-/m0/s1. The van der Waals surface area contributed by atoms with Crippen LogP contribution in [0.25, 0.3) is 0 Å². The van der Waals surface area contributed by atoms with Crippen molar-refractivity contribution in [3.8, 4) is 0 Å². The molecule has 1 aromatic rings. The molecule has 1 aliphatic heterocycles. The molecule has 0 spiro atoms. The molecular formula is C11H13NO2S. The normalized spacial score (nSPS) is 19.6. The van der Waals surface area contributed by atoms with E-state index in [2.05, 4.69) is 17.4 Å². The van der Waals surface area contributed by atoms with Crippen molar-refractivity contribution in [2.45, 2.75) is 17.4 Å². The molecule has 0 saturated carbocycles. The molecule has 0 saturated heterocycles. The van der Waals surface area contributed by atoms with Crippen LogP contribution in [0.5, 0.6) is 0 Å². The molecule has 15 heavy (non-hydrogen) atoms. The van der Waals surface area contributed by atoms with E-state index < -0.39 is 5.97 Å². The predicted octanol–water partition coefficient (Wildman–Crippen LogP) is 1.38. The molecule has 1 heterocycles. The van der Waals surface area contributed by atoms with Crippen LogP contribution in [-0.4, -0.2) is 29.4 Å². The minimum Gasteiger partial charge on any atom is -0.480 e. The van der Waals surface area contributed by atoms with E-state index >= 15 is 0 Å². The Morgan fingerprint density at radius 3 is 3.13 bits per heavy atom. The maximum absolute atomic E-state index is 10.4. The van der Waals surface area contributed by atoms with Crippen molar-refractivity contribution < 1.29 is 9.90 Å². The third-order valence-corrected chi connectivity index (χ3v) is 3.70. The maximum Gasteiger partial charge on any atom is 0.317 e. The number of carboxylic acid groups (broad SMARTS) is 1. The number of carboxylic acids is 1. The first-order valence-corrected chi connectivity index (χ1v) is 5.90. The van der Waals surface area contributed by atoms with E-state index in [-0.39, 0.29) is 12.6 Å². The topological polar surface area (TPSA) is 49.3 Å². The van der Waals surface area contributed by atoms with E-state index in [9.17, 15) is 4.79 Å². The molecule has 2 N–H and O–H groups in total. The van der Waals surface area contributed by atoms with Gasteiger partial charge in [0.25, 0.3) is 0 Å².